The van der Waals surface area contributed by atoms with Crippen molar-refractivity contribution in [2.45, 2.75) is 6.92 Å². The van der Waals surface area contributed by atoms with Gasteiger partial charge in [-0.3, -0.25) is 10.9 Å². The normalized spacial score (nSPS) is 16.7. The van der Waals surface area contributed by atoms with Crippen LogP contribution in [0.5, 0.6) is 0 Å². The van der Waals surface area contributed by atoms with Gasteiger partial charge in [0.1, 0.15) is 11.7 Å². The molecule has 1 aliphatic rings. The highest BCUT2D eigenvalue weighted by Gasteiger charge is 1.96. The van der Waals surface area contributed by atoms with Crippen LogP contribution < -0.4 is 16.2 Å². The number of hydrazine groups is 1. The highest BCUT2D eigenvalue weighted by atomic mass is 15.4. The van der Waals surface area contributed by atoms with Crippen LogP contribution in [0, 0.1) is 0 Å². The van der Waals surface area contributed by atoms with Crippen LogP contribution in [0.2, 0.25) is 0 Å². The van der Waals surface area contributed by atoms with Gasteiger partial charge in [-0.1, -0.05) is 0 Å². The quantitative estimate of drug-likeness (QED) is 0.445. The van der Waals surface area contributed by atoms with E-state index >= 15 is 0 Å². The van der Waals surface area contributed by atoms with Crippen molar-refractivity contribution in [2.24, 2.45) is 4.99 Å². The molecule has 50 valence electrons. The smallest absolute Gasteiger partial charge is 0.136 e. The summed E-state index contributed by atoms with van der Waals surface area (Å²) in [5.41, 5.74) is 5.74. The van der Waals surface area contributed by atoms with Crippen molar-refractivity contribution in [1.29, 1.82) is 0 Å². The SMILES string of the molecule is CNC1=CN=C(C)NN1. The lowest BCUT2D eigenvalue weighted by Gasteiger charge is -2.14. The molecule has 0 aromatic carbocycles. The van der Waals surface area contributed by atoms with Crippen molar-refractivity contribution in [3.05, 3.63) is 12.0 Å². The molecule has 0 aromatic heterocycles. The fourth-order valence-electron chi connectivity index (χ4n) is 0.511. The van der Waals surface area contributed by atoms with E-state index in [0.29, 0.717) is 0 Å². The third kappa shape index (κ3) is 1.35. The summed E-state index contributed by atoms with van der Waals surface area (Å²) in [6.07, 6.45) is 1.73. The minimum Gasteiger partial charge on any atom is -0.372 e. The predicted molar refractivity (Wildman–Crippen MR) is 36.5 cm³/mol. The minimum absolute atomic E-state index is 0.869. The molecular formula is C5H10N4. The average Bonchev–Trinajstić information content (AvgIpc) is 1.90. The minimum atomic E-state index is 0.869. The Hall–Kier alpha value is -1.19. The van der Waals surface area contributed by atoms with E-state index in [9.17, 15) is 0 Å². The molecule has 0 saturated heterocycles. The van der Waals surface area contributed by atoms with Gasteiger partial charge in [0.2, 0.25) is 0 Å². The number of nitrogens with one attached hydrogen (secondary N) is 3. The van der Waals surface area contributed by atoms with E-state index in [1.807, 2.05) is 14.0 Å². The number of hydrogen-bond donors (Lipinski definition) is 3. The van der Waals surface area contributed by atoms with E-state index < -0.39 is 0 Å². The number of nitrogens with zero attached hydrogens (tertiary/aromatic N) is 1. The first-order chi connectivity index (χ1) is 4.33. The molecule has 0 aromatic rings. The van der Waals surface area contributed by atoms with Gasteiger partial charge in [0.15, 0.2) is 0 Å². The lowest BCUT2D eigenvalue weighted by Crippen LogP contribution is -2.41. The number of aliphatic imine (C=N–C) groups is 1. The van der Waals surface area contributed by atoms with E-state index in [4.69, 9.17) is 0 Å². The fourth-order valence-corrected chi connectivity index (χ4v) is 0.511. The largest absolute Gasteiger partial charge is 0.372 e. The van der Waals surface area contributed by atoms with Crippen molar-refractivity contribution in [2.75, 3.05) is 7.05 Å². The molecule has 0 fully saturated rings. The van der Waals surface area contributed by atoms with E-state index in [1.54, 1.807) is 6.20 Å². The molecule has 4 heteroatoms. The first kappa shape index (κ1) is 5.94. The molecule has 9 heavy (non-hydrogen) atoms. The fraction of sp³-hybridized carbons (Fsp3) is 0.400. The topological polar surface area (TPSA) is 48.5 Å². The monoisotopic (exact) mass is 126 g/mol. The summed E-state index contributed by atoms with van der Waals surface area (Å²) >= 11 is 0. The molecule has 0 bridgehead atoms. The van der Waals surface area contributed by atoms with E-state index in [1.165, 1.54) is 0 Å². The van der Waals surface area contributed by atoms with Gasteiger partial charge in [0.25, 0.3) is 0 Å². The summed E-state index contributed by atoms with van der Waals surface area (Å²) in [5.74, 6) is 1.75. The zero-order valence-electron chi connectivity index (χ0n) is 5.52. The zero-order valence-corrected chi connectivity index (χ0v) is 5.52. The summed E-state index contributed by atoms with van der Waals surface area (Å²) in [7, 11) is 1.83. The maximum atomic E-state index is 4.00. The summed E-state index contributed by atoms with van der Waals surface area (Å²) in [4.78, 5) is 4.00. The Labute approximate surface area is 54.0 Å². The van der Waals surface area contributed by atoms with Crippen molar-refractivity contribution in [3.63, 3.8) is 0 Å². The van der Waals surface area contributed by atoms with Crippen LogP contribution in [-0.2, 0) is 0 Å². The van der Waals surface area contributed by atoms with Crippen LogP contribution in [0.4, 0.5) is 0 Å². The second-order valence-corrected chi connectivity index (χ2v) is 1.76. The van der Waals surface area contributed by atoms with E-state index in [0.717, 1.165) is 11.7 Å². The second-order valence-electron chi connectivity index (χ2n) is 1.76. The highest BCUT2D eigenvalue weighted by Crippen LogP contribution is 1.86. The maximum Gasteiger partial charge on any atom is 0.136 e. The lowest BCUT2D eigenvalue weighted by atomic mass is 10.6. The second kappa shape index (κ2) is 2.39. The zero-order chi connectivity index (χ0) is 6.69. The Morgan fingerprint density at radius 1 is 1.56 bits per heavy atom. The average molecular weight is 126 g/mol. The number of hydrogen-bond acceptors (Lipinski definition) is 4. The van der Waals surface area contributed by atoms with Gasteiger partial charge in [0.05, 0.1) is 6.20 Å². The Balaban J connectivity index is 2.59. The molecule has 0 radical (unpaired) electrons. The van der Waals surface area contributed by atoms with E-state index in [2.05, 4.69) is 21.2 Å². The third-order valence-electron chi connectivity index (χ3n) is 1.03. The van der Waals surface area contributed by atoms with Crippen LogP contribution in [-0.4, -0.2) is 12.9 Å². The molecule has 0 saturated carbocycles. The van der Waals surface area contributed by atoms with Gasteiger partial charge in [-0.15, -0.1) is 0 Å². The van der Waals surface area contributed by atoms with Crippen LogP contribution >= 0.6 is 0 Å². The molecule has 1 aliphatic heterocycles. The van der Waals surface area contributed by atoms with Gasteiger partial charge in [-0.2, -0.15) is 0 Å². The number of amidine groups is 1. The molecule has 4 nitrogen and oxygen atoms in total. The molecule has 1 rings (SSSR count). The van der Waals surface area contributed by atoms with E-state index in [-0.39, 0.29) is 0 Å². The molecule has 3 N–H and O–H groups in total. The standard InChI is InChI=1S/C5H10N4/c1-4-7-3-5(6-2)9-8-4/h3,6,9H,1-2H3,(H,7,8). The summed E-state index contributed by atoms with van der Waals surface area (Å²) in [6, 6.07) is 0. The molecule has 0 aliphatic carbocycles. The van der Waals surface area contributed by atoms with Crippen LogP contribution in [0.25, 0.3) is 0 Å². The van der Waals surface area contributed by atoms with Crippen LogP contribution in [0.15, 0.2) is 17.0 Å². The first-order valence-corrected chi connectivity index (χ1v) is 2.77. The summed E-state index contributed by atoms with van der Waals surface area (Å²) < 4.78 is 0. The molecule has 0 amide bonds. The van der Waals surface area contributed by atoms with Crippen molar-refractivity contribution < 1.29 is 0 Å². The number of rotatable bonds is 1. The third-order valence-corrected chi connectivity index (χ3v) is 1.03. The van der Waals surface area contributed by atoms with Gasteiger partial charge in [-0.25, -0.2) is 4.99 Å². The molecule has 0 spiro atoms. The molecule has 0 atom stereocenters. The van der Waals surface area contributed by atoms with Gasteiger partial charge < -0.3 is 5.32 Å². The molecular weight excluding hydrogens is 116 g/mol. The maximum absolute atomic E-state index is 4.00. The van der Waals surface area contributed by atoms with Gasteiger partial charge >= 0.3 is 0 Å². The van der Waals surface area contributed by atoms with Crippen LogP contribution in [0.1, 0.15) is 6.92 Å². The molecule has 1 heterocycles. The van der Waals surface area contributed by atoms with Gasteiger partial charge in [0, 0.05) is 7.05 Å². The predicted octanol–water partition coefficient (Wildman–Crippen LogP) is -0.469. The Bertz CT molecular complexity index is 158. The Morgan fingerprint density at radius 3 is 2.78 bits per heavy atom. The highest BCUT2D eigenvalue weighted by molar-refractivity contribution is 5.80. The first-order valence-electron chi connectivity index (χ1n) is 2.77. The summed E-state index contributed by atoms with van der Waals surface area (Å²) in [6.45, 7) is 1.88. The molecule has 0 unspecified atom stereocenters. The Morgan fingerprint density at radius 2 is 2.33 bits per heavy atom. The van der Waals surface area contributed by atoms with Crippen LogP contribution in [0.3, 0.4) is 0 Å². The summed E-state index contributed by atoms with van der Waals surface area (Å²) in [5, 5.41) is 2.90. The lowest BCUT2D eigenvalue weighted by molar-refractivity contribution is 0.682. The van der Waals surface area contributed by atoms with Gasteiger partial charge in [-0.05, 0) is 6.92 Å². The van der Waals surface area contributed by atoms with Crippen molar-refractivity contribution >= 4 is 5.84 Å². The van der Waals surface area contributed by atoms with Crippen molar-refractivity contribution in [1.82, 2.24) is 16.2 Å². The van der Waals surface area contributed by atoms with Crippen molar-refractivity contribution in [3.8, 4) is 0 Å². The Kier molecular flexibility index (Phi) is 1.58.